The van der Waals surface area contributed by atoms with Gasteiger partial charge in [-0.2, -0.15) is 0 Å². The van der Waals surface area contributed by atoms with E-state index < -0.39 is 0 Å². The summed E-state index contributed by atoms with van der Waals surface area (Å²) in [7, 11) is 1.68. The molecule has 0 aliphatic rings. The summed E-state index contributed by atoms with van der Waals surface area (Å²) in [5.74, 6) is 0.866. The van der Waals surface area contributed by atoms with E-state index in [4.69, 9.17) is 9.47 Å². The van der Waals surface area contributed by atoms with E-state index in [2.05, 4.69) is 47.2 Å². The largest absolute Gasteiger partial charge is 0.496 e. The van der Waals surface area contributed by atoms with Crippen molar-refractivity contribution in [2.24, 2.45) is 0 Å². The fraction of sp³-hybridized carbons (Fsp3) is 0.625. The Hall–Kier alpha value is -0.580. The second kappa shape index (κ2) is 10.2. The van der Waals surface area contributed by atoms with Crippen LogP contribution in [0.1, 0.15) is 44.7 Å². The van der Waals surface area contributed by atoms with Gasteiger partial charge < -0.3 is 14.8 Å². The molecule has 0 aliphatic heterocycles. The molecule has 0 fully saturated rings. The molecule has 1 atom stereocenters. The quantitative estimate of drug-likeness (QED) is 0.642. The van der Waals surface area contributed by atoms with E-state index in [9.17, 15) is 0 Å². The summed E-state index contributed by atoms with van der Waals surface area (Å²) in [6.45, 7) is 7.05. The van der Waals surface area contributed by atoms with Crippen molar-refractivity contribution in [1.82, 2.24) is 5.32 Å². The Morgan fingerprint density at radius 3 is 2.65 bits per heavy atom. The van der Waals surface area contributed by atoms with Gasteiger partial charge >= 0.3 is 0 Å². The predicted octanol–water partition coefficient (Wildman–Crippen LogP) is 4.32. The summed E-state index contributed by atoms with van der Waals surface area (Å²) in [6.07, 6.45) is 3.40. The summed E-state index contributed by atoms with van der Waals surface area (Å²) in [5, 5.41) is 3.51. The van der Waals surface area contributed by atoms with Gasteiger partial charge in [-0.25, -0.2) is 0 Å². The summed E-state index contributed by atoms with van der Waals surface area (Å²) in [6, 6.07) is 6.52. The fourth-order valence-corrected chi connectivity index (χ4v) is 2.47. The minimum atomic E-state index is 0.327. The maximum absolute atomic E-state index is 5.55. The minimum absolute atomic E-state index is 0.327. The molecule has 0 saturated heterocycles. The lowest BCUT2D eigenvalue weighted by Crippen LogP contribution is -2.21. The smallest absolute Gasteiger partial charge is 0.133 e. The summed E-state index contributed by atoms with van der Waals surface area (Å²) in [5.41, 5.74) is 1.25. The van der Waals surface area contributed by atoms with Crippen LogP contribution in [0, 0.1) is 0 Å². The Bertz CT molecular complexity index is 385. The Balaban J connectivity index is 2.25. The molecule has 0 radical (unpaired) electrons. The van der Waals surface area contributed by atoms with E-state index in [1.165, 1.54) is 12.0 Å². The third-order valence-corrected chi connectivity index (χ3v) is 3.85. The van der Waals surface area contributed by atoms with Crippen LogP contribution in [0.3, 0.4) is 0 Å². The van der Waals surface area contributed by atoms with Crippen molar-refractivity contribution in [3.05, 3.63) is 28.2 Å². The lowest BCUT2D eigenvalue weighted by Gasteiger charge is -2.15. The molecule has 0 spiro atoms. The van der Waals surface area contributed by atoms with Gasteiger partial charge in [0.25, 0.3) is 0 Å². The van der Waals surface area contributed by atoms with Crippen molar-refractivity contribution in [1.29, 1.82) is 0 Å². The zero-order chi connectivity index (χ0) is 14.8. The van der Waals surface area contributed by atoms with Crippen molar-refractivity contribution >= 4 is 15.9 Å². The first-order valence-corrected chi connectivity index (χ1v) is 8.13. The predicted molar refractivity (Wildman–Crippen MR) is 87.5 cm³/mol. The van der Waals surface area contributed by atoms with Gasteiger partial charge in [-0.05, 0) is 59.9 Å². The highest BCUT2D eigenvalue weighted by atomic mass is 79.9. The number of ether oxygens (including phenoxy) is 2. The van der Waals surface area contributed by atoms with Crippen LogP contribution in [-0.2, 0) is 4.74 Å². The molecule has 20 heavy (non-hydrogen) atoms. The van der Waals surface area contributed by atoms with Gasteiger partial charge in [0.1, 0.15) is 5.75 Å². The molecule has 1 N–H and O–H groups in total. The molecular formula is C16H26BrNO2. The van der Waals surface area contributed by atoms with E-state index in [1.807, 2.05) is 6.07 Å². The molecule has 3 nitrogen and oxygen atoms in total. The topological polar surface area (TPSA) is 30.5 Å². The monoisotopic (exact) mass is 343 g/mol. The highest BCUT2D eigenvalue weighted by Crippen LogP contribution is 2.27. The van der Waals surface area contributed by atoms with E-state index in [1.54, 1.807) is 7.11 Å². The Morgan fingerprint density at radius 2 is 2.00 bits per heavy atom. The first-order chi connectivity index (χ1) is 9.69. The Labute approximate surface area is 131 Å². The molecule has 114 valence electrons. The molecule has 0 heterocycles. The molecule has 0 amide bonds. The van der Waals surface area contributed by atoms with Gasteiger partial charge in [-0.15, -0.1) is 0 Å². The van der Waals surface area contributed by atoms with Crippen LogP contribution in [0.4, 0.5) is 0 Å². The minimum Gasteiger partial charge on any atom is -0.496 e. The van der Waals surface area contributed by atoms with Crippen LogP contribution >= 0.6 is 15.9 Å². The second-order valence-corrected chi connectivity index (χ2v) is 5.74. The van der Waals surface area contributed by atoms with Gasteiger partial charge in [0, 0.05) is 19.3 Å². The number of hydrogen-bond donors (Lipinski definition) is 1. The van der Waals surface area contributed by atoms with E-state index >= 15 is 0 Å². The van der Waals surface area contributed by atoms with Gasteiger partial charge in [0.2, 0.25) is 0 Å². The van der Waals surface area contributed by atoms with Crippen LogP contribution in [0.15, 0.2) is 22.7 Å². The molecule has 1 unspecified atom stereocenters. The van der Waals surface area contributed by atoms with Gasteiger partial charge in [0.05, 0.1) is 11.6 Å². The molecular weight excluding hydrogens is 318 g/mol. The average Bonchev–Trinajstić information content (AvgIpc) is 2.46. The first-order valence-electron chi connectivity index (χ1n) is 7.33. The molecule has 1 aromatic rings. The normalized spacial score (nSPS) is 12.4. The fourth-order valence-electron chi connectivity index (χ4n) is 1.91. The second-order valence-electron chi connectivity index (χ2n) is 4.89. The van der Waals surface area contributed by atoms with E-state index in [0.717, 1.165) is 42.8 Å². The standard InChI is InChI=1S/C16H26BrNO2/c1-4-5-10-20-11-6-9-18-13(2)14-7-8-16(19-3)15(17)12-14/h7-8,12-13,18H,4-6,9-11H2,1-3H3. The Morgan fingerprint density at radius 1 is 1.25 bits per heavy atom. The zero-order valence-corrected chi connectivity index (χ0v) is 14.3. The maximum atomic E-state index is 5.55. The van der Waals surface area contributed by atoms with Gasteiger partial charge in [0.15, 0.2) is 0 Å². The van der Waals surface area contributed by atoms with Crippen molar-refractivity contribution < 1.29 is 9.47 Å². The summed E-state index contributed by atoms with van der Waals surface area (Å²) >= 11 is 3.52. The van der Waals surface area contributed by atoms with Crippen molar-refractivity contribution in [3.63, 3.8) is 0 Å². The molecule has 0 aliphatic carbocycles. The van der Waals surface area contributed by atoms with Gasteiger partial charge in [-0.1, -0.05) is 19.4 Å². The van der Waals surface area contributed by atoms with E-state index in [0.29, 0.717) is 6.04 Å². The number of hydrogen-bond acceptors (Lipinski definition) is 3. The maximum Gasteiger partial charge on any atom is 0.133 e. The summed E-state index contributed by atoms with van der Waals surface area (Å²) < 4.78 is 11.8. The van der Waals surface area contributed by atoms with Crippen LogP contribution in [0.25, 0.3) is 0 Å². The third-order valence-electron chi connectivity index (χ3n) is 3.23. The number of halogens is 1. The van der Waals surface area contributed by atoms with Crippen LogP contribution in [-0.4, -0.2) is 26.9 Å². The Kier molecular flexibility index (Phi) is 8.90. The lowest BCUT2D eigenvalue weighted by atomic mass is 10.1. The first kappa shape index (κ1) is 17.5. The van der Waals surface area contributed by atoms with E-state index in [-0.39, 0.29) is 0 Å². The lowest BCUT2D eigenvalue weighted by molar-refractivity contribution is 0.128. The number of benzene rings is 1. The molecule has 1 aromatic carbocycles. The van der Waals surface area contributed by atoms with Gasteiger partial charge in [-0.3, -0.25) is 0 Å². The zero-order valence-electron chi connectivity index (χ0n) is 12.7. The number of methoxy groups -OCH3 is 1. The molecule has 0 saturated carbocycles. The average molecular weight is 344 g/mol. The highest BCUT2D eigenvalue weighted by Gasteiger charge is 2.07. The van der Waals surface area contributed by atoms with Crippen LogP contribution < -0.4 is 10.1 Å². The molecule has 1 rings (SSSR count). The highest BCUT2D eigenvalue weighted by molar-refractivity contribution is 9.10. The van der Waals surface area contributed by atoms with Crippen molar-refractivity contribution in [2.45, 2.75) is 39.2 Å². The van der Waals surface area contributed by atoms with Crippen LogP contribution in [0.5, 0.6) is 5.75 Å². The van der Waals surface area contributed by atoms with Crippen LogP contribution in [0.2, 0.25) is 0 Å². The number of rotatable bonds is 10. The third kappa shape index (κ3) is 6.25. The molecule has 4 heteroatoms. The SMILES string of the molecule is CCCCOCCCNC(C)c1ccc(OC)c(Br)c1. The number of unbranched alkanes of at least 4 members (excludes halogenated alkanes) is 1. The molecule has 0 bridgehead atoms. The summed E-state index contributed by atoms with van der Waals surface area (Å²) in [4.78, 5) is 0. The molecule has 0 aromatic heterocycles. The number of nitrogens with one attached hydrogen (secondary N) is 1. The van der Waals surface area contributed by atoms with Crippen molar-refractivity contribution in [3.8, 4) is 5.75 Å². The van der Waals surface area contributed by atoms with Crippen molar-refractivity contribution in [2.75, 3.05) is 26.9 Å².